The van der Waals surface area contributed by atoms with Crippen LogP contribution in [0.15, 0.2) is 24.3 Å². The normalized spacial score (nSPS) is 24.0. The number of amides is 1. The standard InChI is InChI=1S/C35H33F3N6O4/c1-2-24-26(37)7-6-20-13-23(46)14-25(27(20)24)30-29(38)31-28-32(41-34(40-31)48-18-35-8-4-10-43(35)16-21(36)15-35)44(11-12-47-33(28)39-30)22-5-3-9-42(17-22)19-45/h1,6-7,13-14,19,21-22,46H,3-5,8-12,15-18H2/t21-,22?,35+/m1/s1. The van der Waals surface area contributed by atoms with Crippen molar-refractivity contribution in [1.29, 1.82) is 0 Å². The van der Waals surface area contributed by atoms with Gasteiger partial charge < -0.3 is 24.4 Å². The number of hydrogen-bond donors (Lipinski definition) is 1. The highest BCUT2D eigenvalue weighted by Crippen LogP contribution is 2.44. The van der Waals surface area contributed by atoms with Crippen LogP contribution in [0.1, 0.15) is 37.7 Å². The van der Waals surface area contributed by atoms with Gasteiger partial charge in [0.15, 0.2) is 5.82 Å². The molecule has 4 aliphatic rings. The molecule has 1 unspecified atom stereocenters. The SMILES string of the molecule is C#Cc1c(F)ccc2cc(O)cc(-c3nc4c5c(nc(OC[C@@]67CCCN6C[C@H](F)C7)nc5c3F)N(C3CCCN(C=O)C3)CCO4)c12. The lowest BCUT2D eigenvalue weighted by molar-refractivity contribution is -0.119. The molecule has 1 N–H and O–H groups in total. The van der Waals surface area contributed by atoms with Crippen molar-refractivity contribution in [2.75, 3.05) is 50.8 Å². The Balaban J connectivity index is 1.32. The number of carbonyl (C=O) groups excluding carboxylic acids is 1. The van der Waals surface area contributed by atoms with Gasteiger partial charge in [-0.05, 0) is 55.8 Å². The monoisotopic (exact) mass is 658 g/mol. The third kappa shape index (κ3) is 4.92. The Labute approximate surface area is 274 Å². The van der Waals surface area contributed by atoms with Crippen LogP contribution in [-0.4, -0.2) is 100.0 Å². The van der Waals surface area contributed by atoms with E-state index in [1.165, 1.54) is 24.3 Å². The van der Waals surface area contributed by atoms with Gasteiger partial charge in [-0.2, -0.15) is 9.97 Å². The molecule has 8 rings (SSSR count). The lowest BCUT2D eigenvalue weighted by atomic mass is 9.95. The van der Waals surface area contributed by atoms with Gasteiger partial charge in [0, 0.05) is 43.0 Å². The maximum Gasteiger partial charge on any atom is 0.319 e. The Bertz CT molecular complexity index is 2010. The molecule has 0 aliphatic carbocycles. The number of aromatic hydroxyl groups is 1. The predicted molar refractivity (Wildman–Crippen MR) is 172 cm³/mol. The van der Waals surface area contributed by atoms with Crippen molar-refractivity contribution in [2.24, 2.45) is 0 Å². The number of terminal acetylenes is 1. The second-order valence-electron chi connectivity index (χ2n) is 13.1. The Morgan fingerprint density at radius 1 is 1.12 bits per heavy atom. The maximum atomic E-state index is 17.1. The Hall–Kier alpha value is -4.83. The molecule has 6 heterocycles. The van der Waals surface area contributed by atoms with Gasteiger partial charge in [-0.1, -0.05) is 12.0 Å². The van der Waals surface area contributed by atoms with Crippen LogP contribution in [0.5, 0.6) is 17.6 Å². The molecule has 1 amide bonds. The second kappa shape index (κ2) is 11.7. The van der Waals surface area contributed by atoms with E-state index in [0.717, 1.165) is 38.6 Å². The Kier molecular flexibility index (Phi) is 7.43. The summed E-state index contributed by atoms with van der Waals surface area (Å²) in [7, 11) is 0. The summed E-state index contributed by atoms with van der Waals surface area (Å²) in [5, 5.41) is 11.4. The average Bonchev–Trinajstić information content (AvgIpc) is 3.54. The molecular weight excluding hydrogens is 625 g/mol. The smallest absolute Gasteiger partial charge is 0.319 e. The predicted octanol–water partition coefficient (Wildman–Crippen LogP) is 4.58. The van der Waals surface area contributed by atoms with Crippen LogP contribution in [0.3, 0.4) is 0 Å². The molecule has 4 aliphatic heterocycles. The van der Waals surface area contributed by atoms with Gasteiger partial charge in [-0.25, -0.2) is 18.2 Å². The average molecular weight is 659 g/mol. The summed E-state index contributed by atoms with van der Waals surface area (Å²) in [6.45, 7) is 2.86. The topological polar surface area (TPSA) is 104 Å². The quantitative estimate of drug-likeness (QED) is 0.236. The van der Waals surface area contributed by atoms with Crippen LogP contribution in [0, 0.1) is 24.0 Å². The van der Waals surface area contributed by atoms with Crippen molar-refractivity contribution in [3.05, 3.63) is 41.5 Å². The molecular formula is C35H33F3N6O4. The minimum Gasteiger partial charge on any atom is -0.508 e. The van der Waals surface area contributed by atoms with Crippen molar-refractivity contribution < 1.29 is 32.5 Å². The van der Waals surface area contributed by atoms with E-state index in [1.807, 2.05) is 4.90 Å². The first-order chi connectivity index (χ1) is 23.3. The number of carbonyl (C=O) groups is 1. The van der Waals surface area contributed by atoms with Gasteiger partial charge in [0.05, 0.1) is 17.6 Å². The number of anilines is 1. The third-order valence-electron chi connectivity index (χ3n) is 10.3. The number of phenols is 1. The summed E-state index contributed by atoms with van der Waals surface area (Å²) in [6, 6.07) is 5.11. The fourth-order valence-electron chi connectivity index (χ4n) is 8.09. The van der Waals surface area contributed by atoms with E-state index in [9.17, 15) is 18.7 Å². The zero-order valence-corrected chi connectivity index (χ0v) is 26.1. The molecule has 3 fully saturated rings. The molecule has 4 aromatic rings. The van der Waals surface area contributed by atoms with E-state index >= 15 is 4.39 Å². The lowest BCUT2D eigenvalue weighted by Crippen LogP contribution is -2.49. The van der Waals surface area contributed by atoms with Gasteiger partial charge in [0.2, 0.25) is 12.3 Å². The number of benzene rings is 2. The van der Waals surface area contributed by atoms with Crippen LogP contribution in [0.25, 0.3) is 32.9 Å². The molecule has 0 bridgehead atoms. The number of hydrogen-bond acceptors (Lipinski definition) is 9. The molecule has 0 spiro atoms. The fourth-order valence-corrected chi connectivity index (χ4v) is 8.09. The van der Waals surface area contributed by atoms with Gasteiger partial charge in [-0.15, -0.1) is 6.42 Å². The first-order valence-electron chi connectivity index (χ1n) is 16.2. The first-order valence-corrected chi connectivity index (χ1v) is 16.2. The summed E-state index contributed by atoms with van der Waals surface area (Å²) in [5.41, 5.74) is -0.920. The van der Waals surface area contributed by atoms with Crippen LogP contribution >= 0.6 is 0 Å². The zero-order chi connectivity index (χ0) is 33.2. The molecule has 10 nitrogen and oxygen atoms in total. The van der Waals surface area contributed by atoms with Gasteiger partial charge in [0.25, 0.3) is 0 Å². The number of alkyl halides is 1. The summed E-state index contributed by atoms with van der Waals surface area (Å²) in [5.74, 6) is 1.03. The van der Waals surface area contributed by atoms with E-state index in [1.54, 1.807) is 4.90 Å². The number of piperidine rings is 1. The number of halogens is 3. The van der Waals surface area contributed by atoms with Gasteiger partial charge >= 0.3 is 6.01 Å². The molecule has 2 aromatic carbocycles. The fraction of sp³-hybridized carbons (Fsp3) is 0.429. The Morgan fingerprint density at radius 3 is 2.83 bits per heavy atom. The maximum absolute atomic E-state index is 17.1. The zero-order valence-electron chi connectivity index (χ0n) is 26.1. The van der Waals surface area contributed by atoms with Crippen molar-refractivity contribution in [2.45, 2.75) is 49.9 Å². The Morgan fingerprint density at radius 2 is 2.00 bits per heavy atom. The molecule has 2 aromatic heterocycles. The van der Waals surface area contributed by atoms with E-state index in [2.05, 4.69) is 20.8 Å². The lowest BCUT2D eigenvalue weighted by Gasteiger charge is -2.38. The number of ether oxygens (including phenoxy) is 2. The largest absolute Gasteiger partial charge is 0.508 e. The second-order valence-corrected chi connectivity index (χ2v) is 13.1. The van der Waals surface area contributed by atoms with Crippen LogP contribution in [0.2, 0.25) is 0 Å². The summed E-state index contributed by atoms with van der Waals surface area (Å²) < 4.78 is 58.9. The highest BCUT2D eigenvalue weighted by Gasteiger charge is 2.49. The number of pyridine rings is 1. The first kappa shape index (κ1) is 30.5. The third-order valence-corrected chi connectivity index (χ3v) is 10.3. The number of rotatable bonds is 6. The van der Waals surface area contributed by atoms with Crippen LogP contribution in [0.4, 0.5) is 19.0 Å². The van der Waals surface area contributed by atoms with Crippen molar-refractivity contribution in [3.8, 4) is 41.2 Å². The minimum atomic E-state index is -0.959. The molecule has 13 heteroatoms. The van der Waals surface area contributed by atoms with E-state index in [4.69, 9.17) is 20.9 Å². The number of fused-ring (bicyclic) bond motifs is 2. The van der Waals surface area contributed by atoms with Gasteiger partial charge in [0.1, 0.15) is 53.4 Å². The van der Waals surface area contributed by atoms with Crippen molar-refractivity contribution in [1.82, 2.24) is 24.8 Å². The molecule has 3 atom stereocenters. The summed E-state index contributed by atoms with van der Waals surface area (Å²) in [4.78, 5) is 31.5. The highest BCUT2D eigenvalue weighted by atomic mass is 19.1. The molecule has 3 saturated heterocycles. The van der Waals surface area contributed by atoms with E-state index in [0.29, 0.717) is 43.8 Å². The van der Waals surface area contributed by atoms with E-state index in [-0.39, 0.29) is 70.0 Å². The molecule has 48 heavy (non-hydrogen) atoms. The summed E-state index contributed by atoms with van der Waals surface area (Å²) in [6.07, 6.45) is 9.14. The van der Waals surface area contributed by atoms with Crippen molar-refractivity contribution >= 4 is 33.9 Å². The highest BCUT2D eigenvalue weighted by molar-refractivity contribution is 6.04. The number of phenolic OH excluding ortho intramolecular Hbond substituents is 1. The summed E-state index contributed by atoms with van der Waals surface area (Å²) >= 11 is 0. The van der Waals surface area contributed by atoms with E-state index < -0.39 is 23.3 Å². The van der Waals surface area contributed by atoms with Crippen LogP contribution in [-0.2, 0) is 4.79 Å². The van der Waals surface area contributed by atoms with Crippen molar-refractivity contribution in [3.63, 3.8) is 0 Å². The number of aromatic nitrogens is 3. The van der Waals surface area contributed by atoms with Crippen LogP contribution < -0.4 is 14.4 Å². The number of likely N-dealkylation sites (tertiary alicyclic amines) is 1. The molecule has 0 saturated carbocycles. The number of nitrogens with zero attached hydrogens (tertiary/aromatic N) is 6. The molecule has 0 radical (unpaired) electrons. The minimum absolute atomic E-state index is 0.0558. The molecule has 248 valence electrons. The van der Waals surface area contributed by atoms with Gasteiger partial charge in [-0.3, -0.25) is 9.69 Å².